The average Bonchev–Trinajstić information content (AvgIpc) is 3.00. The molecule has 1 fully saturated rings. The minimum Gasteiger partial charge on any atom is -0.469 e. The number of carbonyl (C=O) groups is 2. The van der Waals surface area contributed by atoms with E-state index in [-0.39, 0.29) is 24.2 Å². The highest BCUT2D eigenvalue weighted by molar-refractivity contribution is 7.15. The summed E-state index contributed by atoms with van der Waals surface area (Å²) in [4.78, 5) is 30.6. The van der Waals surface area contributed by atoms with E-state index < -0.39 is 0 Å². The maximum absolute atomic E-state index is 12.0. The number of thiazole rings is 1. The first-order valence-corrected chi connectivity index (χ1v) is 6.95. The zero-order valence-corrected chi connectivity index (χ0v) is 11.4. The fourth-order valence-corrected chi connectivity index (χ4v) is 3.41. The summed E-state index contributed by atoms with van der Waals surface area (Å²) in [5.41, 5.74) is 1.01. The number of ether oxygens (including phenoxy) is 2. The Hall–Kier alpha value is -1.47. The third-order valence-electron chi connectivity index (χ3n) is 3.37. The number of rotatable bonds is 2. The quantitative estimate of drug-likeness (QED) is 0.748. The molecular weight excluding hydrogens is 268 g/mol. The van der Waals surface area contributed by atoms with Gasteiger partial charge in [0.05, 0.1) is 36.8 Å². The molecule has 6 nitrogen and oxygen atoms in total. The van der Waals surface area contributed by atoms with Gasteiger partial charge in [-0.25, -0.2) is 4.98 Å². The largest absolute Gasteiger partial charge is 0.469 e. The van der Waals surface area contributed by atoms with Gasteiger partial charge in [0.2, 0.25) is 5.91 Å². The second-order valence-electron chi connectivity index (χ2n) is 4.60. The SMILES string of the molecule is COC(=O)C1CC(=O)N(c2nc3c(s2)COCC3)C1. The van der Waals surface area contributed by atoms with Crippen LogP contribution in [0.1, 0.15) is 17.0 Å². The predicted octanol–water partition coefficient (Wildman–Crippen LogP) is 0.742. The Bertz CT molecular complexity index is 504. The van der Waals surface area contributed by atoms with Gasteiger partial charge in [-0.15, -0.1) is 0 Å². The van der Waals surface area contributed by atoms with Gasteiger partial charge < -0.3 is 9.47 Å². The minimum absolute atomic E-state index is 0.0672. The molecule has 0 aliphatic carbocycles. The van der Waals surface area contributed by atoms with Crippen molar-refractivity contribution in [2.24, 2.45) is 5.92 Å². The molecule has 1 saturated heterocycles. The van der Waals surface area contributed by atoms with Crippen molar-refractivity contribution in [3.63, 3.8) is 0 Å². The second kappa shape index (κ2) is 4.90. The zero-order chi connectivity index (χ0) is 13.4. The van der Waals surface area contributed by atoms with Gasteiger partial charge in [0, 0.05) is 19.4 Å². The zero-order valence-electron chi connectivity index (χ0n) is 10.5. The van der Waals surface area contributed by atoms with E-state index in [0.29, 0.717) is 24.9 Å². The molecular formula is C12H14N2O4S. The molecule has 7 heteroatoms. The molecule has 1 aromatic heterocycles. The Balaban J connectivity index is 1.80. The van der Waals surface area contributed by atoms with Crippen LogP contribution in [-0.2, 0) is 32.1 Å². The number of anilines is 1. The van der Waals surface area contributed by atoms with E-state index in [1.165, 1.54) is 18.4 Å². The lowest BCUT2D eigenvalue weighted by molar-refractivity contribution is -0.145. The first-order chi connectivity index (χ1) is 9.19. The lowest BCUT2D eigenvalue weighted by atomic mass is 10.1. The Morgan fingerprint density at radius 3 is 3.16 bits per heavy atom. The molecule has 1 unspecified atom stereocenters. The van der Waals surface area contributed by atoms with Crippen molar-refractivity contribution < 1.29 is 19.1 Å². The predicted molar refractivity (Wildman–Crippen MR) is 68.0 cm³/mol. The molecule has 0 bridgehead atoms. The van der Waals surface area contributed by atoms with Gasteiger partial charge >= 0.3 is 5.97 Å². The number of hydrogen-bond acceptors (Lipinski definition) is 6. The summed E-state index contributed by atoms with van der Waals surface area (Å²) < 4.78 is 10.1. The summed E-state index contributed by atoms with van der Waals surface area (Å²) in [7, 11) is 1.34. The normalized spacial score (nSPS) is 22.5. The van der Waals surface area contributed by atoms with E-state index >= 15 is 0 Å². The summed E-state index contributed by atoms with van der Waals surface area (Å²) in [5, 5.41) is 0.673. The Morgan fingerprint density at radius 2 is 2.42 bits per heavy atom. The first-order valence-electron chi connectivity index (χ1n) is 6.13. The second-order valence-corrected chi connectivity index (χ2v) is 5.66. The monoisotopic (exact) mass is 282 g/mol. The Morgan fingerprint density at radius 1 is 1.58 bits per heavy atom. The maximum Gasteiger partial charge on any atom is 0.311 e. The van der Waals surface area contributed by atoms with Crippen molar-refractivity contribution >= 4 is 28.3 Å². The van der Waals surface area contributed by atoms with Crippen molar-refractivity contribution in [1.82, 2.24) is 4.98 Å². The van der Waals surface area contributed by atoms with Gasteiger partial charge in [-0.1, -0.05) is 11.3 Å². The molecule has 1 amide bonds. The van der Waals surface area contributed by atoms with Crippen LogP contribution in [0.5, 0.6) is 0 Å². The lowest BCUT2D eigenvalue weighted by Crippen LogP contribution is -2.26. The maximum atomic E-state index is 12.0. The van der Waals surface area contributed by atoms with Gasteiger partial charge in [-0.3, -0.25) is 14.5 Å². The third kappa shape index (κ3) is 2.23. The summed E-state index contributed by atoms with van der Waals surface area (Å²) in [6.45, 7) is 1.60. The van der Waals surface area contributed by atoms with Crippen molar-refractivity contribution in [3.05, 3.63) is 10.6 Å². The number of hydrogen-bond donors (Lipinski definition) is 0. The number of amides is 1. The summed E-state index contributed by atoms with van der Waals surface area (Å²) in [6, 6.07) is 0. The molecule has 102 valence electrons. The number of methoxy groups -OCH3 is 1. The van der Waals surface area contributed by atoms with Crippen LogP contribution in [0, 0.1) is 5.92 Å². The fraction of sp³-hybridized carbons (Fsp3) is 0.583. The van der Waals surface area contributed by atoms with Crippen LogP contribution in [0.15, 0.2) is 0 Å². The number of esters is 1. The van der Waals surface area contributed by atoms with E-state index in [1.54, 1.807) is 4.90 Å². The van der Waals surface area contributed by atoms with Crippen molar-refractivity contribution in [3.8, 4) is 0 Å². The average molecular weight is 282 g/mol. The standard InChI is InChI=1S/C12H14N2O4S/c1-17-11(16)7-4-10(15)14(5-7)12-13-8-2-3-18-6-9(8)19-12/h7H,2-6H2,1H3. The van der Waals surface area contributed by atoms with E-state index in [2.05, 4.69) is 4.98 Å². The fourth-order valence-electron chi connectivity index (χ4n) is 2.34. The van der Waals surface area contributed by atoms with E-state index in [4.69, 9.17) is 9.47 Å². The summed E-state index contributed by atoms with van der Waals surface area (Å²) >= 11 is 1.47. The molecule has 19 heavy (non-hydrogen) atoms. The van der Waals surface area contributed by atoms with E-state index in [0.717, 1.165) is 17.0 Å². The van der Waals surface area contributed by atoms with E-state index in [1.807, 2.05) is 0 Å². The van der Waals surface area contributed by atoms with Gasteiger partial charge in [0.25, 0.3) is 0 Å². The molecule has 3 rings (SSSR count). The summed E-state index contributed by atoms with van der Waals surface area (Å²) in [5.74, 6) is -0.780. The molecule has 0 aromatic carbocycles. The van der Waals surface area contributed by atoms with Crippen LogP contribution in [0.2, 0.25) is 0 Å². The van der Waals surface area contributed by atoms with Crippen LogP contribution in [-0.4, -0.2) is 37.1 Å². The van der Waals surface area contributed by atoms with Crippen LogP contribution in [0.25, 0.3) is 0 Å². The first kappa shape index (κ1) is 12.6. The van der Waals surface area contributed by atoms with E-state index in [9.17, 15) is 9.59 Å². The van der Waals surface area contributed by atoms with Crippen LogP contribution in [0.4, 0.5) is 5.13 Å². The van der Waals surface area contributed by atoms with Gasteiger partial charge in [-0.05, 0) is 0 Å². The highest BCUT2D eigenvalue weighted by Crippen LogP contribution is 2.33. The molecule has 1 atom stereocenters. The van der Waals surface area contributed by atoms with Crippen LogP contribution < -0.4 is 4.90 Å². The van der Waals surface area contributed by atoms with Crippen LogP contribution in [0.3, 0.4) is 0 Å². The smallest absolute Gasteiger partial charge is 0.311 e. The van der Waals surface area contributed by atoms with Gasteiger partial charge in [0.15, 0.2) is 5.13 Å². The molecule has 3 heterocycles. The number of nitrogens with zero attached hydrogens (tertiary/aromatic N) is 2. The van der Waals surface area contributed by atoms with Crippen molar-refractivity contribution in [2.75, 3.05) is 25.2 Å². The highest BCUT2D eigenvalue weighted by Gasteiger charge is 2.37. The Kier molecular flexibility index (Phi) is 3.24. The molecule has 2 aliphatic rings. The topological polar surface area (TPSA) is 68.7 Å². The lowest BCUT2D eigenvalue weighted by Gasteiger charge is -2.11. The minimum atomic E-state index is -0.380. The molecule has 0 radical (unpaired) electrons. The number of aromatic nitrogens is 1. The molecule has 0 spiro atoms. The molecule has 0 N–H and O–H groups in total. The summed E-state index contributed by atoms with van der Waals surface area (Å²) in [6.07, 6.45) is 0.988. The van der Waals surface area contributed by atoms with Gasteiger partial charge in [-0.2, -0.15) is 0 Å². The van der Waals surface area contributed by atoms with Gasteiger partial charge in [0.1, 0.15) is 0 Å². The molecule has 0 saturated carbocycles. The molecule has 1 aromatic rings. The highest BCUT2D eigenvalue weighted by atomic mass is 32.1. The Labute approximate surface area is 114 Å². The van der Waals surface area contributed by atoms with Crippen molar-refractivity contribution in [1.29, 1.82) is 0 Å². The van der Waals surface area contributed by atoms with Crippen molar-refractivity contribution in [2.45, 2.75) is 19.4 Å². The van der Waals surface area contributed by atoms with Crippen LogP contribution >= 0.6 is 11.3 Å². The molecule has 2 aliphatic heterocycles. The third-order valence-corrected chi connectivity index (χ3v) is 4.47. The number of fused-ring (bicyclic) bond motifs is 1. The number of carbonyl (C=O) groups excluding carboxylic acids is 2.